The predicted octanol–water partition coefficient (Wildman–Crippen LogP) is 6.94. The molecule has 0 aliphatic carbocycles. The van der Waals surface area contributed by atoms with Crippen molar-refractivity contribution in [2.24, 2.45) is 0 Å². The molecule has 0 N–H and O–H groups in total. The Balaban J connectivity index is 1.79. The van der Waals surface area contributed by atoms with Crippen LogP contribution in [0.1, 0.15) is 58.8 Å². The fourth-order valence-electron chi connectivity index (χ4n) is 4.55. The third-order valence-electron chi connectivity index (χ3n) is 6.70. The van der Waals surface area contributed by atoms with E-state index in [1.165, 1.54) is 38.8 Å². The summed E-state index contributed by atoms with van der Waals surface area (Å²) in [6.07, 6.45) is 7.94. The molecule has 0 spiro atoms. The summed E-state index contributed by atoms with van der Waals surface area (Å²) in [5.74, 6) is 1.96. The van der Waals surface area contributed by atoms with E-state index in [9.17, 15) is 4.79 Å². The summed E-state index contributed by atoms with van der Waals surface area (Å²) in [5, 5.41) is 0.487. The molecule has 0 radical (unpaired) electrons. The van der Waals surface area contributed by atoms with E-state index in [4.69, 9.17) is 23.4 Å². The van der Waals surface area contributed by atoms with Crippen LogP contribution in [0.3, 0.4) is 0 Å². The molecule has 1 aromatic heterocycles. The summed E-state index contributed by atoms with van der Waals surface area (Å²) in [7, 11) is 4.67. The molecule has 38 heavy (non-hydrogen) atoms. The van der Waals surface area contributed by atoms with E-state index in [0.29, 0.717) is 46.1 Å². The van der Waals surface area contributed by atoms with Crippen molar-refractivity contribution in [2.45, 2.75) is 58.8 Å². The van der Waals surface area contributed by atoms with Gasteiger partial charge in [-0.25, -0.2) is 0 Å². The first-order chi connectivity index (χ1) is 18.6. The van der Waals surface area contributed by atoms with Crippen LogP contribution in [0.2, 0.25) is 0 Å². The first kappa shape index (κ1) is 29.4. The molecule has 0 bridgehead atoms. The van der Waals surface area contributed by atoms with Gasteiger partial charge >= 0.3 is 0 Å². The minimum atomic E-state index is -0.194. The normalized spacial score (nSPS) is 11.2. The number of fused-ring (bicyclic) bond motifs is 1. The maximum absolute atomic E-state index is 13.5. The maximum atomic E-state index is 13.5. The number of nitrogens with zero attached hydrogens (tertiary/aromatic N) is 1. The lowest BCUT2D eigenvalue weighted by molar-refractivity contribution is 0.251. The minimum Gasteiger partial charge on any atom is -0.493 e. The van der Waals surface area contributed by atoms with Gasteiger partial charge in [-0.05, 0) is 76.0 Å². The highest BCUT2D eigenvalue weighted by Gasteiger charge is 2.22. The van der Waals surface area contributed by atoms with Gasteiger partial charge in [0.05, 0.1) is 33.3 Å². The van der Waals surface area contributed by atoms with Crippen molar-refractivity contribution in [1.82, 2.24) is 4.90 Å². The lowest BCUT2D eigenvalue weighted by atomic mass is 10.1. The van der Waals surface area contributed by atoms with Gasteiger partial charge < -0.3 is 28.3 Å². The molecule has 1 heterocycles. The lowest BCUT2D eigenvalue weighted by Gasteiger charge is -2.21. The van der Waals surface area contributed by atoms with Crippen LogP contribution in [-0.4, -0.2) is 52.5 Å². The molecule has 208 valence electrons. The van der Waals surface area contributed by atoms with Gasteiger partial charge in [-0.2, -0.15) is 0 Å². The number of hydrogen-bond donors (Lipinski definition) is 0. The van der Waals surface area contributed by atoms with Crippen LogP contribution in [0, 0.1) is 0 Å². The summed E-state index contributed by atoms with van der Waals surface area (Å²) in [5.41, 5.74) is 0.911. The highest BCUT2D eigenvalue weighted by atomic mass is 16.5. The summed E-state index contributed by atoms with van der Waals surface area (Å²) in [6.45, 7) is 8.36. The van der Waals surface area contributed by atoms with Crippen LogP contribution >= 0.6 is 0 Å². The molecule has 3 rings (SSSR count). The third-order valence-corrected chi connectivity index (χ3v) is 6.70. The monoisotopic (exact) mass is 525 g/mol. The molecule has 0 amide bonds. The molecule has 0 fully saturated rings. The van der Waals surface area contributed by atoms with Crippen LogP contribution < -0.4 is 24.4 Å². The number of rotatable bonds is 17. The zero-order valence-corrected chi connectivity index (χ0v) is 23.6. The molecular weight excluding hydrogens is 482 g/mol. The average molecular weight is 526 g/mol. The van der Waals surface area contributed by atoms with E-state index in [1.807, 2.05) is 12.1 Å². The van der Waals surface area contributed by atoms with E-state index < -0.39 is 0 Å². The van der Waals surface area contributed by atoms with Crippen LogP contribution in [0.15, 0.2) is 45.6 Å². The number of unbranched alkanes of at least 4 members (excludes halogenated alkanes) is 4. The fraction of sp³-hybridized carbons (Fsp3) is 0.516. The number of methoxy groups -OCH3 is 3. The van der Waals surface area contributed by atoms with Crippen LogP contribution in [-0.2, 0) is 0 Å². The Hall–Kier alpha value is -3.19. The van der Waals surface area contributed by atoms with Crippen molar-refractivity contribution in [3.8, 4) is 34.3 Å². The molecule has 3 aromatic rings. The van der Waals surface area contributed by atoms with Crippen molar-refractivity contribution < 1.29 is 23.4 Å². The number of ether oxygens (including phenoxy) is 4. The molecule has 0 aliphatic heterocycles. The summed E-state index contributed by atoms with van der Waals surface area (Å²) >= 11 is 0. The zero-order chi connectivity index (χ0) is 27.3. The molecule has 0 atom stereocenters. The molecular formula is C31H43NO6. The third kappa shape index (κ3) is 7.44. The van der Waals surface area contributed by atoms with E-state index in [1.54, 1.807) is 45.6 Å². The Kier molecular flexibility index (Phi) is 11.8. The van der Waals surface area contributed by atoms with Gasteiger partial charge in [0.25, 0.3) is 0 Å². The minimum absolute atomic E-state index is 0.194. The Morgan fingerprint density at radius 2 is 1.39 bits per heavy atom. The lowest BCUT2D eigenvalue weighted by Crippen LogP contribution is -2.27. The van der Waals surface area contributed by atoms with Gasteiger partial charge in [-0.3, -0.25) is 4.79 Å². The second kappa shape index (κ2) is 15.3. The van der Waals surface area contributed by atoms with Crippen molar-refractivity contribution in [1.29, 1.82) is 0 Å². The van der Waals surface area contributed by atoms with Gasteiger partial charge in [-0.1, -0.05) is 38.8 Å². The zero-order valence-electron chi connectivity index (χ0n) is 23.6. The molecule has 0 saturated carbocycles. The quantitative estimate of drug-likeness (QED) is 0.177. The number of hydrogen-bond acceptors (Lipinski definition) is 7. The molecule has 0 aliphatic rings. The second-order valence-corrected chi connectivity index (χ2v) is 9.46. The van der Waals surface area contributed by atoms with E-state index >= 15 is 0 Å². The number of para-hydroxylation sites is 1. The highest BCUT2D eigenvalue weighted by molar-refractivity contribution is 5.82. The average Bonchev–Trinajstić information content (AvgIpc) is 2.95. The van der Waals surface area contributed by atoms with Gasteiger partial charge in [0.1, 0.15) is 5.58 Å². The van der Waals surface area contributed by atoms with Gasteiger partial charge in [0.2, 0.25) is 16.9 Å². The first-order valence-corrected chi connectivity index (χ1v) is 13.8. The fourth-order valence-corrected chi connectivity index (χ4v) is 4.55. The highest BCUT2D eigenvalue weighted by Crippen LogP contribution is 2.43. The number of benzene rings is 2. The van der Waals surface area contributed by atoms with Crippen molar-refractivity contribution in [3.63, 3.8) is 0 Å². The Morgan fingerprint density at radius 1 is 0.763 bits per heavy atom. The smallest absolute Gasteiger partial charge is 0.235 e. The van der Waals surface area contributed by atoms with Gasteiger partial charge in [0.15, 0.2) is 17.3 Å². The first-order valence-electron chi connectivity index (χ1n) is 13.8. The summed E-state index contributed by atoms with van der Waals surface area (Å²) in [6, 6.07) is 10.7. The van der Waals surface area contributed by atoms with E-state index in [-0.39, 0.29) is 11.2 Å². The maximum Gasteiger partial charge on any atom is 0.235 e. The van der Waals surface area contributed by atoms with Gasteiger partial charge in [-0.15, -0.1) is 0 Å². The molecule has 7 heteroatoms. The topological polar surface area (TPSA) is 70.4 Å². The summed E-state index contributed by atoms with van der Waals surface area (Å²) < 4.78 is 28.9. The molecule has 7 nitrogen and oxygen atoms in total. The van der Waals surface area contributed by atoms with Crippen LogP contribution in [0.4, 0.5) is 0 Å². The Morgan fingerprint density at radius 3 is 2.00 bits per heavy atom. The molecule has 0 saturated heterocycles. The standard InChI is InChI=1S/C31H43NO6/c1-6-8-17-32(18-9-7-2)19-13-10-14-20-37-31-28(33)24-15-11-12-16-25(24)38-29(31)23-21-26(34-3)30(36-5)27(22-23)35-4/h11-12,15-16,21-22H,6-10,13-14,17-20H2,1-5H3. The molecule has 0 unspecified atom stereocenters. The second-order valence-electron chi connectivity index (χ2n) is 9.46. The van der Waals surface area contributed by atoms with Crippen molar-refractivity contribution >= 4 is 11.0 Å². The SMILES string of the molecule is CCCCN(CCCC)CCCCCOc1c(-c2cc(OC)c(OC)c(OC)c2)oc2ccccc2c1=O. The van der Waals surface area contributed by atoms with Crippen molar-refractivity contribution in [2.75, 3.05) is 47.6 Å². The van der Waals surface area contributed by atoms with Crippen molar-refractivity contribution in [3.05, 3.63) is 46.6 Å². The Labute approximate surface area is 226 Å². The molecule has 2 aromatic carbocycles. The van der Waals surface area contributed by atoms with Crippen LogP contribution in [0.25, 0.3) is 22.3 Å². The summed E-state index contributed by atoms with van der Waals surface area (Å²) in [4.78, 5) is 16.1. The largest absolute Gasteiger partial charge is 0.493 e. The Bertz CT molecular complexity index is 1170. The van der Waals surface area contributed by atoms with E-state index in [2.05, 4.69) is 18.7 Å². The van der Waals surface area contributed by atoms with Crippen LogP contribution in [0.5, 0.6) is 23.0 Å². The van der Waals surface area contributed by atoms with E-state index in [0.717, 1.165) is 25.8 Å². The predicted molar refractivity (Wildman–Crippen MR) is 153 cm³/mol. The van der Waals surface area contributed by atoms with Gasteiger partial charge in [0, 0.05) is 5.56 Å².